The highest BCUT2D eigenvalue weighted by Gasteiger charge is 2.31. The molecule has 0 unspecified atom stereocenters. The molecule has 8 heteroatoms. The Morgan fingerprint density at radius 3 is 2.63 bits per heavy atom. The first-order valence-electron chi connectivity index (χ1n) is 8.29. The predicted molar refractivity (Wildman–Crippen MR) is 102 cm³/mol. The smallest absolute Gasteiger partial charge is 0.304 e. The van der Waals surface area contributed by atoms with Gasteiger partial charge in [0.1, 0.15) is 5.75 Å². The quantitative estimate of drug-likeness (QED) is 0.731. The Morgan fingerprint density at radius 1 is 1.15 bits per heavy atom. The predicted octanol–water partition coefficient (Wildman–Crippen LogP) is 3.16. The molecule has 27 heavy (non-hydrogen) atoms. The number of aliphatic carboxylic acids is 1. The fraction of sp³-hybridized carbons (Fsp3) is 0.158. The molecule has 136 valence electrons. The zero-order valence-electron chi connectivity index (χ0n) is 14.4. The van der Waals surface area contributed by atoms with Gasteiger partial charge in [0.05, 0.1) is 30.1 Å². The van der Waals surface area contributed by atoms with Crippen LogP contribution in [0.15, 0.2) is 64.9 Å². The van der Waals surface area contributed by atoms with Crippen LogP contribution in [0.4, 0.5) is 0 Å². The van der Waals surface area contributed by atoms with Gasteiger partial charge < -0.3 is 9.84 Å². The van der Waals surface area contributed by atoms with Gasteiger partial charge in [-0.15, -0.1) is 10.2 Å². The average Bonchev–Trinajstić information content (AvgIpc) is 3.10. The molecule has 1 atom stereocenters. The van der Waals surface area contributed by atoms with Gasteiger partial charge in [-0.05, 0) is 17.7 Å². The van der Waals surface area contributed by atoms with Gasteiger partial charge >= 0.3 is 5.97 Å². The zero-order valence-corrected chi connectivity index (χ0v) is 15.3. The van der Waals surface area contributed by atoms with E-state index in [-0.39, 0.29) is 11.7 Å². The van der Waals surface area contributed by atoms with E-state index in [2.05, 4.69) is 10.2 Å². The molecule has 4 rings (SSSR count). The van der Waals surface area contributed by atoms with Crippen molar-refractivity contribution in [2.45, 2.75) is 16.8 Å². The van der Waals surface area contributed by atoms with Crippen LogP contribution < -0.4 is 4.74 Å². The third-order valence-corrected chi connectivity index (χ3v) is 5.29. The summed E-state index contributed by atoms with van der Waals surface area (Å²) in [7, 11) is 1.60. The van der Waals surface area contributed by atoms with Crippen LogP contribution in [0.2, 0.25) is 0 Å². The number of aromatic nitrogens is 3. The molecule has 0 saturated carbocycles. The van der Waals surface area contributed by atoms with Crippen molar-refractivity contribution >= 4 is 23.4 Å². The SMILES string of the molecule is COc1ccccc1-c1nnc2n1N=C(c1ccccc1)[C@@H](CC(=O)O)S2. The third-order valence-electron chi connectivity index (χ3n) is 4.15. The minimum Gasteiger partial charge on any atom is -0.496 e. The standard InChI is InChI=1S/C19H16N4O3S/c1-26-14-10-6-5-9-13(14)18-20-21-19-23(18)22-17(12-7-3-2-4-8-12)15(27-19)11-16(24)25/h2-10,15H,11H2,1H3,(H,24,25)/t15-/m1/s1. The molecule has 7 nitrogen and oxygen atoms in total. The van der Waals surface area contributed by atoms with E-state index in [1.54, 1.807) is 11.8 Å². The Balaban J connectivity index is 1.85. The molecule has 1 aliphatic heterocycles. The molecule has 0 aliphatic carbocycles. The van der Waals surface area contributed by atoms with Crippen LogP contribution in [-0.4, -0.2) is 44.0 Å². The van der Waals surface area contributed by atoms with Crippen LogP contribution in [-0.2, 0) is 4.79 Å². The van der Waals surface area contributed by atoms with Crippen molar-refractivity contribution in [1.82, 2.24) is 14.9 Å². The molecule has 0 bridgehead atoms. The van der Waals surface area contributed by atoms with Crippen LogP contribution in [0.1, 0.15) is 12.0 Å². The Bertz CT molecular complexity index is 1020. The van der Waals surface area contributed by atoms with Gasteiger partial charge in [-0.3, -0.25) is 4.79 Å². The van der Waals surface area contributed by atoms with Gasteiger partial charge in [-0.25, -0.2) is 0 Å². The number of carbonyl (C=O) groups is 1. The summed E-state index contributed by atoms with van der Waals surface area (Å²) >= 11 is 1.35. The largest absolute Gasteiger partial charge is 0.496 e. The molecule has 0 fully saturated rings. The topological polar surface area (TPSA) is 89.6 Å². The lowest BCUT2D eigenvalue weighted by atomic mass is 10.1. The molecule has 0 saturated heterocycles. The first-order valence-corrected chi connectivity index (χ1v) is 9.17. The lowest BCUT2D eigenvalue weighted by molar-refractivity contribution is -0.136. The maximum Gasteiger partial charge on any atom is 0.304 e. The van der Waals surface area contributed by atoms with E-state index in [0.29, 0.717) is 22.4 Å². The van der Waals surface area contributed by atoms with E-state index in [4.69, 9.17) is 9.84 Å². The summed E-state index contributed by atoms with van der Waals surface area (Å²) in [6.07, 6.45) is -0.0464. The van der Waals surface area contributed by atoms with Crippen LogP contribution in [0, 0.1) is 0 Å². The highest BCUT2D eigenvalue weighted by Crippen LogP contribution is 2.36. The molecule has 0 radical (unpaired) electrons. The molecule has 3 aromatic rings. The number of hydrogen-bond acceptors (Lipinski definition) is 6. The second-order valence-electron chi connectivity index (χ2n) is 5.87. The highest BCUT2D eigenvalue weighted by molar-refractivity contribution is 8.00. The summed E-state index contributed by atoms with van der Waals surface area (Å²) in [5.74, 6) is 0.341. The second-order valence-corrected chi connectivity index (χ2v) is 7.04. The molecule has 1 N–H and O–H groups in total. The number of fused-ring (bicyclic) bond motifs is 1. The maximum absolute atomic E-state index is 11.3. The minimum absolute atomic E-state index is 0.0464. The Labute approximate surface area is 159 Å². The number of nitrogens with zero attached hydrogens (tertiary/aromatic N) is 4. The summed E-state index contributed by atoms with van der Waals surface area (Å²) in [6, 6.07) is 17.1. The van der Waals surface area contributed by atoms with Crippen molar-refractivity contribution in [1.29, 1.82) is 0 Å². The van der Waals surface area contributed by atoms with Gasteiger partial charge in [-0.2, -0.15) is 9.78 Å². The van der Waals surface area contributed by atoms with Crippen molar-refractivity contribution in [3.05, 3.63) is 60.2 Å². The molecule has 0 spiro atoms. The van der Waals surface area contributed by atoms with Gasteiger partial charge in [-0.1, -0.05) is 54.2 Å². The summed E-state index contributed by atoms with van der Waals surface area (Å²) in [4.78, 5) is 11.3. The Hall–Kier alpha value is -3.13. The highest BCUT2D eigenvalue weighted by atomic mass is 32.2. The summed E-state index contributed by atoms with van der Waals surface area (Å²) in [5.41, 5.74) is 2.33. The van der Waals surface area contributed by atoms with Crippen molar-refractivity contribution in [3.63, 3.8) is 0 Å². The summed E-state index contributed by atoms with van der Waals surface area (Å²) < 4.78 is 7.09. The number of ether oxygens (including phenoxy) is 1. The molecule has 1 aromatic heterocycles. The monoisotopic (exact) mass is 380 g/mol. The lowest BCUT2D eigenvalue weighted by Gasteiger charge is -2.22. The first kappa shape index (κ1) is 17.3. The number of hydrogen-bond donors (Lipinski definition) is 1. The van der Waals surface area contributed by atoms with Crippen molar-refractivity contribution in [2.24, 2.45) is 5.10 Å². The number of carboxylic acids is 1. The van der Waals surface area contributed by atoms with Gasteiger partial charge in [0.2, 0.25) is 5.16 Å². The van der Waals surface area contributed by atoms with Crippen LogP contribution in [0.25, 0.3) is 11.4 Å². The number of rotatable bonds is 5. The molecule has 1 aliphatic rings. The van der Waals surface area contributed by atoms with E-state index >= 15 is 0 Å². The van der Waals surface area contributed by atoms with Crippen molar-refractivity contribution < 1.29 is 14.6 Å². The molecule has 2 heterocycles. The van der Waals surface area contributed by atoms with E-state index in [1.807, 2.05) is 54.6 Å². The number of para-hydroxylation sites is 1. The third kappa shape index (κ3) is 3.31. The fourth-order valence-corrected chi connectivity index (χ4v) is 4.02. The van der Waals surface area contributed by atoms with Crippen LogP contribution in [0.3, 0.4) is 0 Å². The summed E-state index contributed by atoms with van der Waals surface area (Å²) in [6.45, 7) is 0. The van der Waals surface area contributed by atoms with Crippen LogP contribution >= 0.6 is 11.8 Å². The van der Waals surface area contributed by atoms with E-state index in [1.165, 1.54) is 11.8 Å². The Kier molecular flexibility index (Phi) is 4.64. The number of carboxylic acid groups (broad SMARTS) is 1. The number of methoxy groups -OCH3 is 1. The summed E-state index contributed by atoms with van der Waals surface area (Å²) in [5, 5.41) is 22.7. The zero-order chi connectivity index (χ0) is 18.8. The van der Waals surface area contributed by atoms with Crippen LogP contribution in [0.5, 0.6) is 5.75 Å². The number of thioether (sulfide) groups is 1. The first-order chi connectivity index (χ1) is 13.2. The second kappa shape index (κ2) is 7.24. The molecular weight excluding hydrogens is 364 g/mol. The maximum atomic E-state index is 11.3. The molecule has 2 aromatic carbocycles. The number of benzene rings is 2. The lowest BCUT2D eigenvalue weighted by Crippen LogP contribution is -2.27. The van der Waals surface area contributed by atoms with E-state index < -0.39 is 5.97 Å². The van der Waals surface area contributed by atoms with E-state index in [9.17, 15) is 9.90 Å². The van der Waals surface area contributed by atoms with E-state index in [0.717, 1.165) is 11.1 Å². The van der Waals surface area contributed by atoms with Gasteiger partial charge in [0, 0.05) is 0 Å². The normalized spacial score (nSPS) is 15.7. The average molecular weight is 380 g/mol. The molecule has 0 amide bonds. The van der Waals surface area contributed by atoms with Gasteiger partial charge in [0.15, 0.2) is 5.82 Å². The minimum atomic E-state index is -0.881. The van der Waals surface area contributed by atoms with Crippen molar-refractivity contribution in [3.8, 4) is 17.1 Å². The van der Waals surface area contributed by atoms with Gasteiger partial charge in [0.25, 0.3) is 0 Å². The van der Waals surface area contributed by atoms with Crippen molar-refractivity contribution in [2.75, 3.05) is 7.11 Å². The molecular formula is C19H16N4O3S. The fourth-order valence-electron chi connectivity index (χ4n) is 2.93. The Morgan fingerprint density at radius 2 is 1.89 bits per heavy atom.